The van der Waals surface area contributed by atoms with Gasteiger partial charge < -0.3 is 10.2 Å². The van der Waals surface area contributed by atoms with Gasteiger partial charge in [-0.1, -0.05) is 13.8 Å². The molecule has 4 nitrogen and oxygen atoms in total. The second-order valence-electron chi connectivity index (χ2n) is 5.84. The molecule has 0 bridgehead atoms. The Bertz CT molecular complexity index is 364. The Balaban J connectivity index is 1.61. The molecule has 0 aromatic carbocycles. The fourth-order valence-corrected chi connectivity index (χ4v) is 2.99. The number of likely N-dealkylation sites (tertiary alicyclic amines) is 1. The van der Waals surface area contributed by atoms with Gasteiger partial charge in [0.15, 0.2) is 0 Å². The predicted molar refractivity (Wildman–Crippen MR) is 83.8 cm³/mol. The summed E-state index contributed by atoms with van der Waals surface area (Å²) in [6, 6.07) is 2.70. The Morgan fingerprint density at radius 3 is 2.70 bits per heavy atom. The molecule has 1 aliphatic rings. The van der Waals surface area contributed by atoms with Gasteiger partial charge in [0.05, 0.1) is 11.7 Å². The molecular formula is C16H30N4. The zero-order chi connectivity index (χ0) is 14.2. The van der Waals surface area contributed by atoms with Crippen molar-refractivity contribution >= 4 is 0 Å². The number of rotatable bonds is 9. The highest BCUT2D eigenvalue weighted by atomic mass is 15.3. The molecule has 2 rings (SSSR count). The maximum absolute atomic E-state index is 4.67. The van der Waals surface area contributed by atoms with Crippen LogP contribution in [0.2, 0.25) is 0 Å². The first-order valence-corrected chi connectivity index (χ1v) is 8.30. The van der Waals surface area contributed by atoms with E-state index in [1.54, 1.807) is 0 Å². The minimum Gasteiger partial charge on any atom is -0.311 e. The van der Waals surface area contributed by atoms with Gasteiger partial charge in [-0.15, -0.1) is 0 Å². The summed E-state index contributed by atoms with van der Waals surface area (Å²) < 4.78 is 2.13. The Kier molecular flexibility index (Phi) is 6.54. The molecule has 4 heteroatoms. The van der Waals surface area contributed by atoms with Crippen LogP contribution in [0.3, 0.4) is 0 Å². The Morgan fingerprint density at radius 1 is 1.25 bits per heavy atom. The van der Waals surface area contributed by atoms with Gasteiger partial charge in [-0.25, -0.2) is 0 Å². The van der Waals surface area contributed by atoms with E-state index < -0.39 is 0 Å². The van der Waals surface area contributed by atoms with Crippen molar-refractivity contribution < 1.29 is 0 Å². The van der Waals surface area contributed by atoms with Crippen molar-refractivity contribution in [2.75, 3.05) is 26.2 Å². The molecule has 114 valence electrons. The van der Waals surface area contributed by atoms with Crippen LogP contribution in [0.15, 0.2) is 12.3 Å². The lowest BCUT2D eigenvalue weighted by Crippen LogP contribution is -2.24. The van der Waals surface area contributed by atoms with Crippen LogP contribution >= 0.6 is 0 Å². The quantitative estimate of drug-likeness (QED) is 0.705. The zero-order valence-electron chi connectivity index (χ0n) is 13.1. The van der Waals surface area contributed by atoms with E-state index in [2.05, 4.69) is 46.1 Å². The van der Waals surface area contributed by atoms with E-state index in [1.807, 2.05) is 0 Å². The lowest BCUT2D eigenvalue weighted by molar-refractivity contribution is 0.330. The van der Waals surface area contributed by atoms with Gasteiger partial charge in [0.2, 0.25) is 0 Å². The molecule has 0 spiro atoms. The van der Waals surface area contributed by atoms with Crippen LogP contribution < -0.4 is 5.32 Å². The third-order valence-electron chi connectivity index (χ3n) is 4.31. The molecule has 0 radical (unpaired) electrons. The van der Waals surface area contributed by atoms with E-state index in [0.29, 0.717) is 6.04 Å². The minimum atomic E-state index is 0.555. The van der Waals surface area contributed by atoms with Crippen molar-refractivity contribution in [1.82, 2.24) is 20.0 Å². The number of aromatic nitrogens is 2. The first-order valence-electron chi connectivity index (χ1n) is 8.30. The number of nitrogens with zero attached hydrogens (tertiary/aromatic N) is 3. The van der Waals surface area contributed by atoms with Gasteiger partial charge in [-0.05, 0) is 64.3 Å². The lowest BCUT2D eigenvalue weighted by atomic mass is 10.2. The molecule has 1 aromatic heterocycles. The van der Waals surface area contributed by atoms with Crippen molar-refractivity contribution in [3.8, 4) is 0 Å². The van der Waals surface area contributed by atoms with Crippen molar-refractivity contribution in [2.24, 2.45) is 0 Å². The molecule has 0 unspecified atom stereocenters. The molecule has 20 heavy (non-hydrogen) atoms. The smallest absolute Gasteiger partial charge is 0.0762 e. The van der Waals surface area contributed by atoms with Gasteiger partial charge in [0.1, 0.15) is 0 Å². The van der Waals surface area contributed by atoms with Crippen molar-refractivity contribution in [3.05, 3.63) is 18.0 Å². The lowest BCUT2D eigenvalue weighted by Gasteiger charge is -2.14. The van der Waals surface area contributed by atoms with Gasteiger partial charge >= 0.3 is 0 Å². The third kappa shape index (κ3) is 4.60. The van der Waals surface area contributed by atoms with Crippen LogP contribution in [0.25, 0.3) is 0 Å². The summed E-state index contributed by atoms with van der Waals surface area (Å²) in [7, 11) is 0. The molecule has 2 heterocycles. The zero-order valence-corrected chi connectivity index (χ0v) is 13.1. The Hall–Kier alpha value is -0.870. The van der Waals surface area contributed by atoms with Crippen LogP contribution in [0.5, 0.6) is 0 Å². The molecule has 1 saturated heterocycles. The first-order chi connectivity index (χ1) is 9.83. The average molecular weight is 278 g/mol. The highest BCUT2D eigenvalue weighted by Gasteiger charge is 2.10. The molecule has 0 amide bonds. The second kappa shape index (κ2) is 8.42. The number of hydrogen-bond donors (Lipinski definition) is 1. The summed E-state index contributed by atoms with van der Waals surface area (Å²) in [5, 5.41) is 8.18. The third-order valence-corrected chi connectivity index (χ3v) is 4.31. The van der Waals surface area contributed by atoms with E-state index in [-0.39, 0.29) is 0 Å². The maximum atomic E-state index is 4.67. The molecular weight excluding hydrogens is 248 g/mol. The number of hydrogen-bond acceptors (Lipinski definition) is 3. The van der Waals surface area contributed by atoms with Crippen LogP contribution in [0, 0.1) is 0 Å². The van der Waals surface area contributed by atoms with Crippen LogP contribution in [-0.4, -0.2) is 40.9 Å². The topological polar surface area (TPSA) is 33.1 Å². The SMILES string of the molecule is CCC(CC)n1ccc(CNCCCN2CCCC2)n1. The highest BCUT2D eigenvalue weighted by Crippen LogP contribution is 2.14. The van der Waals surface area contributed by atoms with Crippen molar-refractivity contribution in [2.45, 2.75) is 58.5 Å². The first kappa shape index (κ1) is 15.5. The van der Waals surface area contributed by atoms with Crippen LogP contribution in [0.4, 0.5) is 0 Å². The Labute approximate surface area is 123 Å². The van der Waals surface area contributed by atoms with E-state index in [9.17, 15) is 0 Å². The second-order valence-corrected chi connectivity index (χ2v) is 5.84. The van der Waals surface area contributed by atoms with Gasteiger partial charge in [0, 0.05) is 12.7 Å². The molecule has 1 aromatic rings. The summed E-state index contributed by atoms with van der Waals surface area (Å²) in [5.41, 5.74) is 1.16. The van der Waals surface area contributed by atoms with Crippen molar-refractivity contribution in [1.29, 1.82) is 0 Å². The summed E-state index contributed by atoms with van der Waals surface area (Å²) >= 11 is 0. The minimum absolute atomic E-state index is 0.555. The largest absolute Gasteiger partial charge is 0.311 e. The van der Waals surface area contributed by atoms with Crippen LogP contribution in [0.1, 0.15) is 57.7 Å². The monoisotopic (exact) mass is 278 g/mol. The van der Waals surface area contributed by atoms with Gasteiger partial charge in [-0.2, -0.15) is 5.10 Å². The summed E-state index contributed by atoms with van der Waals surface area (Å²) in [4.78, 5) is 2.57. The molecule has 1 fully saturated rings. The molecule has 0 saturated carbocycles. The molecule has 0 atom stereocenters. The van der Waals surface area contributed by atoms with Crippen LogP contribution in [-0.2, 0) is 6.54 Å². The van der Waals surface area contributed by atoms with E-state index in [0.717, 1.165) is 31.6 Å². The maximum Gasteiger partial charge on any atom is 0.0762 e. The predicted octanol–water partition coefficient (Wildman–Crippen LogP) is 2.82. The Morgan fingerprint density at radius 2 is 2.00 bits per heavy atom. The van der Waals surface area contributed by atoms with E-state index in [4.69, 9.17) is 0 Å². The average Bonchev–Trinajstić information content (AvgIpc) is 3.12. The normalized spacial score (nSPS) is 16.4. The number of nitrogens with one attached hydrogen (secondary N) is 1. The van der Waals surface area contributed by atoms with E-state index >= 15 is 0 Å². The molecule has 1 N–H and O–H groups in total. The fraction of sp³-hybridized carbons (Fsp3) is 0.812. The molecule has 0 aliphatic carbocycles. The highest BCUT2D eigenvalue weighted by molar-refractivity contribution is 4.99. The van der Waals surface area contributed by atoms with Gasteiger partial charge in [0.25, 0.3) is 0 Å². The summed E-state index contributed by atoms with van der Waals surface area (Å²) in [6.45, 7) is 10.3. The van der Waals surface area contributed by atoms with E-state index in [1.165, 1.54) is 38.9 Å². The van der Waals surface area contributed by atoms with Gasteiger partial charge in [-0.3, -0.25) is 4.68 Å². The summed E-state index contributed by atoms with van der Waals surface area (Å²) in [6.07, 6.45) is 8.45. The molecule has 1 aliphatic heterocycles. The van der Waals surface area contributed by atoms with Crippen molar-refractivity contribution in [3.63, 3.8) is 0 Å². The standard InChI is InChI=1S/C16H30N4/c1-3-16(4-2)20-13-8-15(18-20)14-17-9-7-12-19-10-5-6-11-19/h8,13,16-17H,3-7,9-12,14H2,1-2H3. The summed E-state index contributed by atoms with van der Waals surface area (Å²) in [5.74, 6) is 0. The fourth-order valence-electron chi connectivity index (χ4n) is 2.99.